The van der Waals surface area contributed by atoms with Gasteiger partial charge in [0.05, 0.1) is 6.04 Å². The average Bonchev–Trinajstić information content (AvgIpc) is 2.91. The molecule has 106 valence electrons. The van der Waals surface area contributed by atoms with Gasteiger partial charge in [-0.05, 0) is 6.07 Å². The first kappa shape index (κ1) is 14.3. The third-order valence-electron chi connectivity index (χ3n) is 2.57. The molecule has 2 rings (SSSR count). The molecule has 1 amide bonds. The average molecular weight is 302 g/mol. The molecule has 1 aromatic heterocycles. The topological polar surface area (TPSA) is 83.6 Å². The van der Waals surface area contributed by atoms with E-state index in [-0.39, 0.29) is 23.7 Å². The lowest BCUT2D eigenvalue weighted by molar-refractivity contribution is -0.119. The van der Waals surface area contributed by atoms with E-state index in [1.54, 1.807) is 0 Å². The zero-order valence-electron chi connectivity index (χ0n) is 10.1. The smallest absolute Gasteiger partial charge is 0.235 e. The number of rotatable bonds is 5. The number of alkyl halides is 1. The highest BCUT2D eigenvalue weighted by Gasteiger charge is 2.20. The van der Waals surface area contributed by atoms with Crippen molar-refractivity contribution in [2.75, 3.05) is 5.88 Å². The Morgan fingerprint density at radius 3 is 2.85 bits per heavy atom. The molecule has 0 spiro atoms. The third kappa shape index (κ3) is 3.47. The van der Waals surface area contributed by atoms with Crippen molar-refractivity contribution in [3.8, 4) is 0 Å². The van der Waals surface area contributed by atoms with Crippen LogP contribution in [0.4, 0.5) is 8.78 Å². The lowest BCUT2D eigenvalue weighted by Crippen LogP contribution is -2.31. The number of H-pyrrole nitrogens is 1. The summed E-state index contributed by atoms with van der Waals surface area (Å²) in [5.41, 5.74) is 0.120. The van der Waals surface area contributed by atoms with Gasteiger partial charge in [0.15, 0.2) is 5.82 Å². The van der Waals surface area contributed by atoms with E-state index in [4.69, 9.17) is 11.6 Å². The van der Waals surface area contributed by atoms with Gasteiger partial charge in [-0.25, -0.2) is 8.78 Å². The number of hydrogen-bond acceptors (Lipinski definition) is 4. The van der Waals surface area contributed by atoms with Crippen LogP contribution in [0.3, 0.4) is 0 Å². The summed E-state index contributed by atoms with van der Waals surface area (Å²) in [7, 11) is 0. The minimum atomic E-state index is -0.770. The molecule has 0 saturated heterocycles. The van der Waals surface area contributed by atoms with Crippen LogP contribution < -0.4 is 5.32 Å². The van der Waals surface area contributed by atoms with Crippen molar-refractivity contribution in [1.29, 1.82) is 0 Å². The summed E-state index contributed by atoms with van der Waals surface area (Å²) in [6.45, 7) is 0. The number of carbonyl (C=O) groups is 1. The van der Waals surface area contributed by atoms with Gasteiger partial charge in [0.2, 0.25) is 5.91 Å². The number of aromatic nitrogens is 4. The summed E-state index contributed by atoms with van der Waals surface area (Å²) in [5, 5.41) is 15.6. The minimum absolute atomic E-state index is 0.0989. The van der Waals surface area contributed by atoms with Crippen LogP contribution in [-0.2, 0) is 11.2 Å². The number of benzene rings is 1. The maximum Gasteiger partial charge on any atom is 0.235 e. The van der Waals surface area contributed by atoms with E-state index >= 15 is 0 Å². The van der Waals surface area contributed by atoms with Crippen LogP contribution in [0.15, 0.2) is 18.2 Å². The SMILES string of the molecule is O=C(CCl)NC(Cc1nn[nH]n1)c1ccc(F)cc1F. The van der Waals surface area contributed by atoms with Gasteiger partial charge in [0.25, 0.3) is 0 Å². The molecule has 1 unspecified atom stereocenters. The van der Waals surface area contributed by atoms with E-state index in [0.29, 0.717) is 0 Å². The molecule has 0 aliphatic carbocycles. The molecule has 0 saturated carbocycles. The lowest BCUT2D eigenvalue weighted by Gasteiger charge is -2.17. The van der Waals surface area contributed by atoms with E-state index in [0.717, 1.165) is 12.1 Å². The van der Waals surface area contributed by atoms with Gasteiger partial charge < -0.3 is 5.32 Å². The van der Waals surface area contributed by atoms with Crippen LogP contribution in [0.1, 0.15) is 17.4 Å². The van der Waals surface area contributed by atoms with Crippen molar-refractivity contribution in [3.05, 3.63) is 41.2 Å². The van der Waals surface area contributed by atoms with E-state index < -0.39 is 23.6 Å². The second kappa shape index (κ2) is 6.38. The van der Waals surface area contributed by atoms with Gasteiger partial charge in [-0.3, -0.25) is 4.79 Å². The quantitative estimate of drug-likeness (QED) is 0.811. The van der Waals surface area contributed by atoms with Crippen LogP contribution in [0, 0.1) is 11.6 Å². The molecule has 0 bridgehead atoms. The Kier molecular flexibility index (Phi) is 4.57. The van der Waals surface area contributed by atoms with Crippen molar-refractivity contribution in [2.24, 2.45) is 0 Å². The minimum Gasteiger partial charge on any atom is -0.348 e. The molecule has 2 N–H and O–H groups in total. The molecule has 2 aromatic rings. The Morgan fingerprint density at radius 2 is 2.25 bits per heavy atom. The predicted octanol–water partition coefficient (Wildman–Crippen LogP) is 1.12. The number of halogens is 3. The molecule has 1 aromatic carbocycles. The Hall–Kier alpha value is -2.09. The van der Waals surface area contributed by atoms with Crippen LogP contribution in [0.25, 0.3) is 0 Å². The summed E-state index contributed by atoms with van der Waals surface area (Å²) in [5.74, 6) is -1.94. The molecule has 6 nitrogen and oxygen atoms in total. The van der Waals surface area contributed by atoms with E-state index in [1.165, 1.54) is 6.07 Å². The number of nitrogens with zero attached hydrogens (tertiary/aromatic N) is 3. The summed E-state index contributed by atoms with van der Waals surface area (Å²) in [4.78, 5) is 11.4. The number of amides is 1. The third-order valence-corrected chi connectivity index (χ3v) is 2.81. The first-order valence-corrected chi connectivity index (χ1v) is 6.16. The van der Waals surface area contributed by atoms with Crippen molar-refractivity contribution in [1.82, 2.24) is 25.9 Å². The molecular formula is C11H10ClF2N5O. The Morgan fingerprint density at radius 1 is 1.45 bits per heavy atom. The Balaban J connectivity index is 2.27. The van der Waals surface area contributed by atoms with Crippen LogP contribution in [-0.4, -0.2) is 32.4 Å². The Labute approximate surface area is 117 Å². The fourth-order valence-corrected chi connectivity index (χ4v) is 1.78. The maximum absolute atomic E-state index is 13.8. The maximum atomic E-state index is 13.8. The van der Waals surface area contributed by atoms with E-state index in [2.05, 4.69) is 25.9 Å². The number of hydrogen-bond donors (Lipinski definition) is 2. The van der Waals surface area contributed by atoms with Gasteiger partial charge in [0.1, 0.15) is 17.5 Å². The number of carbonyl (C=O) groups excluding carboxylic acids is 1. The van der Waals surface area contributed by atoms with Gasteiger partial charge >= 0.3 is 0 Å². The molecule has 20 heavy (non-hydrogen) atoms. The molecule has 0 aliphatic rings. The van der Waals surface area contributed by atoms with Crippen LogP contribution in [0.2, 0.25) is 0 Å². The number of aromatic amines is 1. The highest BCUT2D eigenvalue weighted by Crippen LogP contribution is 2.21. The van der Waals surface area contributed by atoms with Crippen LogP contribution >= 0.6 is 11.6 Å². The van der Waals surface area contributed by atoms with E-state index in [9.17, 15) is 13.6 Å². The highest BCUT2D eigenvalue weighted by molar-refractivity contribution is 6.27. The molecule has 9 heteroatoms. The molecule has 1 heterocycles. The summed E-state index contributed by atoms with van der Waals surface area (Å²) < 4.78 is 26.7. The normalized spacial score (nSPS) is 12.2. The van der Waals surface area contributed by atoms with E-state index in [1.807, 2.05) is 0 Å². The molecular weight excluding hydrogens is 292 g/mol. The monoisotopic (exact) mass is 301 g/mol. The van der Waals surface area contributed by atoms with Crippen molar-refractivity contribution < 1.29 is 13.6 Å². The zero-order valence-corrected chi connectivity index (χ0v) is 10.9. The first-order valence-electron chi connectivity index (χ1n) is 5.62. The van der Waals surface area contributed by atoms with Gasteiger partial charge in [-0.1, -0.05) is 11.3 Å². The van der Waals surface area contributed by atoms with Crippen LogP contribution in [0.5, 0.6) is 0 Å². The van der Waals surface area contributed by atoms with Crippen molar-refractivity contribution in [2.45, 2.75) is 12.5 Å². The molecule has 0 radical (unpaired) electrons. The second-order valence-corrected chi connectivity index (χ2v) is 4.22. The molecule has 0 fully saturated rings. The predicted molar refractivity (Wildman–Crippen MR) is 65.8 cm³/mol. The first-order chi connectivity index (χ1) is 9.60. The van der Waals surface area contributed by atoms with Gasteiger partial charge in [0, 0.05) is 18.1 Å². The lowest BCUT2D eigenvalue weighted by atomic mass is 10.0. The zero-order chi connectivity index (χ0) is 14.5. The van der Waals surface area contributed by atoms with Gasteiger partial charge in [-0.2, -0.15) is 5.21 Å². The van der Waals surface area contributed by atoms with Gasteiger partial charge in [-0.15, -0.1) is 21.8 Å². The fraction of sp³-hybridized carbons (Fsp3) is 0.273. The standard InChI is InChI=1S/C11H10ClF2N5O/c12-5-11(20)15-9(4-10-16-18-19-17-10)7-2-1-6(13)3-8(7)14/h1-3,9H,4-5H2,(H,15,20)(H,16,17,18,19). The second-order valence-electron chi connectivity index (χ2n) is 3.95. The molecule has 1 atom stereocenters. The number of tetrazole rings is 1. The van der Waals surface area contributed by atoms with Crippen molar-refractivity contribution >= 4 is 17.5 Å². The highest BCUT2D eigenvalue weighted by atomic mass is 35.5. The fourth-order valence-electron chi connectivity index (χ4n) is 1.71. The number of nitrogens with one attached hydrogen (secondary N) is 2. The Bertz CT molecular complexity index is 593. The summed E-state index contributed by atoms with van der Waals surface area (Å²) >= 11 is 5.41. The summed E-state index contributed by atoms with van der Waals surface area (Å²) in [6, 6.07) is 2.34. The van der Waals surface area contributed by atoms with Crippen molar-refractivity contribution in [3.63, 3.8) is 0 Å². The summed E-state index contributed by atoms with van der Waals surface area (Å²) in [6.07, 6.45) is 0.0989. The molecule has 0 aliphatic heterocycles. The largest absolute Gasteiger partial charge is 0.348 e.